The molecule has 0 aliphatic carbocycles. The molecule has 0 spiro atoms. The first-order valence-corrected chi connectivity index (χ1v) is 5.90. The van der Waals surface area contributed by atoms with Crippen LogP contribution in [0.3, 0.4) is 0 Å². The maximum atomic E-state index is 11.1. The number of hydrogen-bond donors (Lipinski definition) is 0. The Hall–Kier alpha value is 0.390. The minimum absolute atomic E-state index is 0.263. The third-order valence-electron chi connectivity index (χ3n) is 1.32. The van der Waals surface area contributed by atoms with Crippen LogP contribution in [-0.4, -0.2) is 11.3 Å². The second-order valence-corrected chi connectivity index (χ2v) is 5.57. The summed E-state index contributed by atoms with van der Waals surface area (Å²) in [6, 6.07) is 0. The average Bonchev–Trinajstić information content (AvgIpc) is 2.34. The van der Waals surface area contributed by atoms with Crippen molar-refractivity contribution in [2.75, 3.05) is 5.33 Å². The quantitative estimate of drug-likeness (QED) is 0.558. The zero-order valence-corrected chi connectivity index (χ0v) is 10.7. The summed E-state index contributed by atoms with van der Waals surface area (Å²) in [6.07, 6.45) is 2.41. The van der Waals surface area contributed by atoms with Gasteiger partial charge in [0, 0.05) is 10.9 Å². The minimum Gasteiger partial charge on any atom is -0.421 e. The highest BCUT2D eigenvalue weighted by Crippen LogP contribution is 2.28. The molecule has 5 heteroatoms. The molecule has 66 valence electrons. The van der Waals surface area contributed by atoms with Gasteiger partial charge in [-0.05, 0) is 44.4 Å². The molecule has 0 fully saturated rings. The van der Waals surface area contributed by atoms with Crippen LogP contribution in [0.4, 0.5) is 0 Å². The van der Waals surface area contributed by atoms with Gasteiger partial charge in [-0.25, -0.2) is 4.79 Å². The molecule has 1 rings (SSSR count). The van der Waals surface area contributed by atoms with Crippen molar-refractivity contribution in [3.63, 3.8) is 0 Å². The summed E-state index contributed by atoms with van der Waals surface area (Å²) in [5.41, 5.74) is 0.693. The van der Waals surface area contributed by atoms with Crippen molar-refractivity contribution in [1.29, 1.82) is 0 Å². The Morgan fingerprint density at radius 3 is 2.58 bits per heavy atom. The minimum atomic E-state index is -0.263. The lowest BCUT2D eigenvalue weighted by Gasteiger charge is -1.94. The summed E-state index contributed by atoms with van der Waals surface area (Å²) < 4.78 is 5.58. The lowest BCUT2D eigenvalue weighted by Crippen LogP contribution is -1.99. The Kier molecular flexibility index (Phi) is 3.99. The number of rotatable bonds is 2. The predicted octanol–water partition coefficient (Wildman–Crippen LogP) is 3.21. The van der Waals surface area contributed by atoms with Crippen molar-refractivity contribution in [2.45, 2.75) is 6.42 Å². The predicted molar refractivity (Wildman–Crippen MR) is 57.5 cm³/mol. The molecule has 0 aromatic carbocycles. The number of esters is 1. The van der Waals surface area contributed by atoms with Crippen molar-refractivity contribution < 1.29 is 9.53 Å². The average molecular weight is 361 g/mol. The number of carbonyl (C=O) groups excluding carboxylic acids is 1. The summed E-state index contributed by atoms with van der Waals surface area (Å²) in [6.45, 7) is 0. The Balaban J connectivity index is 2.82. The summed E-state index contributed by atoms with van der Waals surface area (Å²) in [4.78, 5) is 11.1. The maximum absolute atomic E-state index is 11.1. The third kappa shape index (κ3) is 2.44. The van der Waals surface area contributed by atoms with E-state index in [0.717, 1.165) is 5.33 Å². The second kappa shape index (κ2) is 4.58. The number of ether oxygens (including phenoxy) is 1. The van der Waals surface area contributed by atoms with E-state index in [4.69, 9.17) is 4.74 Å². The SMILES string of the molecule is O=C1OC(=C(Br)Br)C=C1CCBr. The second-order valence-electron chi connectivity index (χ2n) is 2.12. The van der Waals surface area contributed by atoms with Crippen LogP contribution in [0.15, 0.2) is 20.8 Å². The maximum Gasteiger partial charge on any atom is 0.339 e. The standard InChI is InChI=1S/C7H5Br3O2/c8-2-1-4-3-5(6(9)10)12-7(4)11/h3H,1-2H2. The first kappa shape index (κ1) is 10.5. The van der Waals surface area contributed by atoms with Crippen LogP contribution >= 0.6 is 47.8 Å². The van der Waals surface area contributed by atoms with Crippen molar-refractivity contribution in [3.05, 3.63) is 20.8 Å². The van der Waals surface area contributed by atoms with E-state index in [1.54, 1.807) is 6.08 Å². The normalized spacial score (nSPS) is 16.1. The number of hydrogen-bond acceptors (Lipinski definition) is 2. The van der Waals surface area contributed by atoms with Gasteiger partial charge < -0.3 is 4.74 Å². The number of cyclic esters (lactones) is 1. The lowest BCUT2D eigenvalue weighted by atomic mass is 10.2. The summed E-state index contributed by atoms with van der Waals surface area (Å²) in [5, 5.41) is 0.765. The van der Waals surface area contributed by atoms with Gasteiger partial charge in [-0.3, -0.25) is 0 Å². The van der Waals surface area contributed by atoms with E-state index in [-0.39, 0.29) is 5.97 Å². The lowest BCUT2D eigenvalue weighted by molar-refractivity contribution is -0.133. The molecule has 0 bridgehead atoms. The molecule has 0 saturated carbocycles. The van der Waals surface area contributed by atoms with Crippen molar-refractivity contribution in [3.8, 4) is 0 Å². The highest BCUT2D eigenvalue weighted by atomic mass is 79.9. The van der Waals surface area contributed by atoms with Crippen LogP contribution in [0.5, 0.6) is 0 Å². The summed E-state index contributed by atoms with van der Waals surface area (Å²) in [5.74, 6) is 0.275. The van der Waals surface area contributed by atoms with Crippen LogP contribution < -0.4 is 0 Å². The van der Waals surface area contributed by atoms with Gasteiger partial charge in [0.25, 0.3) is 0 Å². The Bertz CT molecular complexity index is 264. The Labute approximate surface area is 95.4 Å². The van der Waals surface area contributed by atoms with Crippen LogP contribution in [0, 0.1) is 0 Å². The highest BCUT2D eigenvalue weighted by molar-refractivity contribution is 9.28. The van der Waals surface area contributed by atoms with Gasteiger partial charge in [0.05, 0.1) is 0 Å². The van der Waals surface area contributed by atoms with E-state index in [1.807, 2.05) is 0 Å². The van der Waals surface area contributed by atoms with Crippen molar-refractivity contribution in [1.82, 2.24) is 0 Å². The highest BCUT2D eigenvalue weighted by Gasteiger charge is 2.21. The van der Waals surface area contributed by atoms with Gasteiger partial charge in [0.2, 0.25) is 0 Å². The smallest absolute Gasteiger partial charge is 0.339 e. The van der Waals surface area contributed by atoms with E-state index in [0.29, 0.717) is 21.1 Å². The zero-order valence-electron chi connectivity index (χ0n) is 5.94. The molecule has 0 atom stereocenters. The first-order valence-electron chi connectivity index (χ1n) is 3.19. The van der Waals surface area contributed by atoms with Crippen LogP contribution in [-0.2, 0) is 9.53 Å². The largest absolute Gasteiger partial charge is 0.421 e. The molecule has 0 saturated heterocycles. The topological polar surface area (TPSA) is 26.3 Å². The molecule has 0 unspecified atom stereocenters. The molecular formula is C7H5Br3O2. The van der Waals surface area contributed by atoms with Gasteiger partial charge in [-0.1, -0.05) is 15.9 Å². The molecule has 0 radical (unpaired) electrons. The van der Waals surface area contributed by atoms with Crippen LogP contribution in [0.1, 0.15) is 6.42 Å². The van der Waals surface area contributed by atoms with Gasteiger partial charge in [-0.15, -0.1) is 0 Å². The van der Waals surface area contributed by atoms with Gasteiger partial charge >= 0.3 is 5.97 Å². The van der Waals surface area contributed by atoms with E-state index < -0.39 is 0 Å². The molecule has 0 aromatic rings. The molecule has 1 aliphatic heterocycles. The Morgan fingerprint density at radius 2 is 2.17 bits per heavy atom. The fraction of sp³-hybridized carbons (Fsp3) is 0.286. The molecule has 0 N–H and O–H groups in total. The fourth-order valence-electron chi connectivity index (χ4n) is 0.781. The molecule has 1 aliphatic rings. The number of alkyl halides is 1. The van der Waals surface area contributed by atoms with E-state index in [1.165, 1.54) is 0 Å². The third-order valence-corrected chi connectivity index (χ3v) is 2.50. The summed E-state index contributed by atoms with van der Waals surface area (Å²) >= 11 is 9.60. The van der Waals surface area contributed by atoms with Crippen LogP contribution in [0.25, 0.3) is 0 Å². The molecule has 2 nitrogen and oxygen atoms in total. The van der Waals surface area contributed by atoms with Gasteiger partial charge in [0.1, 0.15) is 3.39 Å². The Morgan fingerprint density at radius 1 is 1.50 bits per heavy atom. The van der Waals surface area contributed by atoms with E-state index in [2.05, 4.69) is 47.8 Å². The number of carbonyl (C=O) groups is 1. The van der Waals surface area contributed by atoms with Gasteiger partial charge in [0.15, 0.2) is 5.76 Å². The summed E-state index contributed by atoms with van der Waals surface area (Å²) in [7, 11) is 0. The fourth-order valence-corrected chi connectivity index (χ4v) is 1.60. The van der Waals surface area contributed by atoms with E-state index in [9.17, 15) is 4.79 Å². The van der Waals surface area contributed by atoms with Crippen molar-refractivity contribution >= 4 is 53.8 Å². The number of allylic oxidation sites excluding steroid dienone is 1. The van der Waals surface area contributed by atoms with Crippen molar-refractivity contribution in [2.24, 2.45) is 0 Å². The monoisotopic (exact) mass is 358 g/mol. The van der Waals surface area contributed by atoms with Crippen LogP contribution in [0.2, 0.25) is 0 Å². The molecule has 0 aromatic heterocycles. The zero-order chi connectivity index (χ0) is 9.14. The molecular weight excluding hydrogens is 356 g/mol. The molecule has 0 amide bonds. The molecule has 1 heterocycles. The van der Waals surface area contributed by atoms with Gasteiger partial charge in [-0.2, -0.15) is 0 Å². The first-order chi connectivity index (χ1) is 5.65. The van der Waals surface area contributed by atoms with E-state index >= 15 is 0 Å². The number of halogens is 3. The molecule has 12 heavy (non-hydrogen) atoms.